The summed E-state index contributed by atoms with van der Waals surface area (Å²) in [5.41, 5.74) is 5.54. The maximum atomic E-state index is 13.8. The molecule has 14 amide bonds. The van der Waals surface area contributed by atoms with Crippen LogP contribution in [0.4, 0.5) is 0 Å². The third kappa shape index (κ3) is 31.1. The van der Waals surface area contributed by atoms with E-state index in [0.717, 1.165) is 13.8 Å². The van der Waals surface area contributed by atoms with E-state index in [1.165, 1.54) is 20.8 Å². The number of aliphatic hydroxyl groups is 3. The Labute approximate surface area is 515 Å². The van der Waals surface area contributed by atoms with E-state index in [1.54, 1.807) is 13.8 Å². The molecule has 0 heterocycles. The number of hydrogen-bond acceptors (Lipinski definition) is 23. The highest BCUT2D eigenvalue weighted by atomic mass is 32.1. The van der Waals surface area contributed by atoms with E-state index >= 15 is 0 Å². The van der Waals surface area contributed by atoms with Crippen molar-refractivity contribution >= 4 is 133 Å². The first kappa shape index (κ1) is 79.4. The molecule has 87 heavy (non-hydrogen) atoms. The number of nitrogens with two attached hydrogens (primary N) is 1. The second-order valence-corrected chi connectivity index (χ2v) is 21.1. The molecule has 0 unspecified atom stereocenters. The van der Waals surface area contributed by atoms with E-state index < -0.39 is 230 Å². The lowest BCUT2D eigenvalue weighted by Gasteiger charge is -2.29. The molecule has 21 N–H and O–H groups in total. The summed E-state index contributed by atoms with van der Waals surface area (Å²) in [6.07, 6.45) is -4.52. The fraction of sp³-hybridized carbons (Fsp3) is 0.667. The molecule has 0 bridgehead atoms. The van der Waals surface area contributed by atoms with Gasteiger partial charge in [0.15, 0.2) is 0 Å². The molecule has 0 aromatic heterocycles. The van der Waals surface area contributed by atoms with Gasteiger partial charge in [0.05, 0.1) is 57.5 Å². The fourth-order valence-electron chi connectivity index (χ4n) is 6.85. The monoisotopic (exact) mass is 1300 g/mol. The molecule has 0 aromatic rings. The molecule has 0 aliphatic heterocycles. The van der Waals surface area contributed by atoms with Gasteiger partial charge in [0.25, 0.3) is 0 Å². The Kier molecular flexibility index (Phi) is 37.2. The van der Waals surface area contributed by atoms with Gasteiger partial charge in [-0.05, 0) is 39.0 Å². The minimum atomic E-state index is -2.00. The number of thiol groups is 3. The van der Waals surface area contributed by atoms with Gasteiger partial charge in [-0.3, -0.25) is 76.7 Å². The van der Waals surface area contributed by atoms with Crippen LogP contribution >= 0.6 is 37.9 Å². The Bertz CT molecular complexity index is 2460. The van der Waals surface area contributed by atoms with Gasteiger partial charge < -0.3 is 106 Å². The van der Waals surface area contributed by atoms with Crippen molar-refractivity contribution < 1.29 is 102 Å². The summed E-state index contributed by atoms with van der Waals surface area (Å²) < 4.78 is 0. The molecule has 0 radical (unpaired) electrons. The molecule has 0 aromatic carbocycles. The van der Waals surface area contributed by atoms with Crippen LogP contribution in [0.3, 0.4) is 0 Å². The van der Waals surface area contributed by atoms with Gasteiger partial charge in [-0.25, -0.2) is 0 Å². The van der Waals surface area contributed by atoms with E-state index in [2.05, 4.69) is 107 Å². The van der Waals surface area contributed by atoms with Gasteiger partial charge in [0.1, 0.15) is 60.9 Å². The lowest BCUT2D eigenvalue weighted by Crippen LogP contribution is -2.63. The number of aliphatic hydroxyl groups excluding tert-OH is 3. The first-order valence-corrected chi connectivity index (χ1v) is 28.5. The minimum absolute atomic E-state index is 0.130. The van der Waals surface area contributed by atoms with E-state index in [4.69, 9.17) is 10.8 Å². The molecule has 0 aliphatic carbocycles. The van der Waals surface area contributed by atoms with Crippen molar-refractivity contribution in [1.29, 1.82) is 0 Å². The number of nitrogens with one attached hydrogen (secondary N) is 14. The third-order valence-corrected chi connectivity index (χ3v) is 12.7. The molecule has 0 spiro atoms. The summed E-state index contributed by atoms with van der Waals surface area (Å²) in [5, 5.41) is 80.3. The second kappa shape index (κ2) is 40.7. The molecule has 0 saturated carbocycles. The zero-order valence-corrected chi connectivity index (χ0v) is 51.2. The molecule has 492 valence electrons. The lowest BCUT2D eigenvalue weighted by atomic mass is 10.0. The van der Waals surface area contributed by atoms with Crippen LogP contribution in [0, 0.1) is 11.8 Å². The smallest absolute Gasteiger partial charge is 0.322 e. The summed E-state index contributed by atoms with van der Waals surface area (Å²) in [5.74, 6) is -19.6. The first-order valence-electron chi connectivity index (χ1n) is 26.6. The number of amides is 14. The number of carboxylic acids is 2. The van der Waals surface area contributed by atoms with Gasteiger partial charge in [-0.2, -0.15) is 37.9 Å². The number of carbonyl (C=O) groups is 16. The summed E-state index contributed by atoms with van der Waals surface area (Å²) in [6, 6.07) is -16.1. The molecule has 12 atom stereocenters. The molecule has 36 nitrogen and oxygen atoms in total. The number of hydrogen-bond donors (Lipinski definition) is 23. The molecule has 0 saturated heterocycles. The van der Waals surface area contributed by atoms with Crippen LogP contribution in [0.15, 0.2) is 0 Å². The summed E-state index contributed by atoms with van der Waals surface area (Å²) in [6.45, 7) is 5.26. The number of carboxylic acid groups (broad SMARTS) is 2. The third-order valence-electron chi connectivity index (χ3n) is 11.6. The van der Waals surface area contributed by atoms with E-state index in [1.807, 2.05) is 5.32 Å². The van der Waals surface area contributed by atoms with Gasteiger partial charge >= 0.3 is 11.9 Å². The minimum Gasteiger partial charge on any atom is -0.481 e. The van der Waals surface area contributed by atoms with E-state index in [-0.39, 0.29) is 18.1 Å². The Morgan fingerprint density at radius 1 is 0.368 bits per heavy atom. The number of rotatable bonds is 40. The standard InChI is InChI=1S/C48H81N15O21S3/c1-19(2)8-24(42(78)62-37(22(6)65)47(83)60-27(16-85)40(76)54-13-33(70)52-11-31(68)50-10-30(67)51-12-32(69)53-14-35(73)74)55-44(80)28(17-86)59-43(79)26(15-64)57-41(77)25(9-34(71)72)56-46(82)36(20(3)4)61-48(84)38(23(7)66)63-45(81)29(18-87)58-39(75)21(5)49/h19-29,36-38,64-66,85-87H,8-18,49H2,1-7H3,(H,50,68)(H,51,67)(H,52,70)(H,53,69)(H,54,76)(H,55,80)(H,56,82)(H,57,77)(H,58,75)(H,59,79)(H,60,83)(H,61,84)(H,62,78)(H,63,81)(H,71,72)(H,73,74)/t21-,22+,23+,24-,25-,26-,27-,28-,29-,36-,37-,38-/m0/s1. The Balaban J connectivity index is 5.94. The van der Waals surface area contributed by atoms with Crippen LogP contribution < -0.4 is 80.2 Å². The Morgan fingerprint density at radius 2 is 0.678 bits per heavy atom. The Hall–Kier alpha value is -7.59. The maximum absolute atomic E-state index is 13.8. The van der Waals surface area contributed by atoms with Gasteiger partial charge in [-0.1, -0.05) is 27.7 Å². The first-order chi connectivity index (χ1) is 40.5. The van der Waals surface area contributed by atoms with Crippen molar-refractivity contribution in [2.45, 2.75) is 134 Å². The van der Waals surface area contributed by atoms with Crippen molar-refractivity contribution in [2.75, 3.05) is 56.6 Å². The fourth-order valence-corrected chi connectivity index (χ4v) is 7.63. The summed E-state index contributed by atoms with van der Waals surface area (Å²) >= 11 is 12.2. The summed E-state index contributed by atoms with van der Waals surface area (Å²) in [4.78, 5) is 203. The molecular weight excluding hydrogens is 1220 g/mol. The predicted molar refractivity (Wildman–Crippen MR) is 312 cm³/mol. The topological polar surface area (TPSA) is 569 Å². The lowest BCUT2D eigenvalue weighted by molar-refractivity contribution is -0.142. The van der Waals surface area contributed by atoms with Crippen molar-refractivity contribution in [2.24, 2.45) is 17.6 Å². The van der Waals surface area contributed by atoms with E-state index in [0.29, 0.717) is 0 Å². The van der Waals surface area contributed by atoms with Crippen LogP contribution in [-0.4, -0.2) is 249 Å². The predicted octanol–water partition coefficient (Wildman–Crippen LogP) is -10.9. The van der Waals surface area contributed by atoms with Crippen LogP contribution in [0.1, 0.15) is 61.3 Å². The highest BCUT2D eigenvalue weighted by molar-refractivity contribution is 7.80. The normalized spacial score (nSPS) is 15.1. The Morgan fingerprint density at radius 3 is 1.07 bits per heavy atom. The largest absolute Gasteiger partial charge is 0.481 e. The average Bonchev–Trinajstić information content (AvgIpc) is 2.32. The van der Waals surface area contributed by atoms with Gasteiger partial charge in [0, 0.05) is 17.3 Å². The van der Waals surface area contributed by atoms with E-state index in [9.17, 15) is 97.1 Å². The molecular formula is C48H81N15O21S3. The zero-order valence-electron chi connectivity index (χ0n) is 48.5. The number of carbonyl (C=O) groups excluding carboxylic acids is 14. The van der Waals surface area contributed by atoms with Crippen molar-refractivity contribution in [3.63, 3.8) is 0 Å². The quantitative estimate of drug-likeness (QED) is 0.0253. The number of aliphatic carboxylic acids is 2. The molecule has 0 aliphatic rings. The van der Waals surface area contributed by atoms with Crippen LogP contribution in [0.5, 0.6) is 0 Å². The van der Waals surface area contributed by atoms with Crippen molar-refractivity contribution in [3.05, 3.63) is 0 Å². The van der Waals surface area contributed by atoms with Crippen LogP contribution in [0.25, 0.3) is 0 Å². The zero-order chi connectivity index (χ0) is 67.0. The highest BCUT2D eigenvalue weighted by Crippen LogP contribution is 2.10. The van der Waals surface area contributed by atoms with Gasteiger partial charge in [-0.15, -0.1) is 0 Å². The molecule has 0 fully saturated rings. The van der Waals surface area contributed by atoms with Crippen molar-refractivity contribution in [3.8, 4) is 0 Å². The van der Waals surface area contributed by atoms with Crippen LogP contribution in [0.2, 0.25) is 0 Å². The molecule has 39 heteroatoms. The molecule has 0 rings (SSSR count). The van der Waals surface area contributed by atoms with Crippen LogP contribution in [-0.2, 0) is 76.7 Å². The van der Waals surface area contributed by atoms with Crippen molar-refractivity contribution in [1.82, 2.24) is 74.4 Å². The average molecular weight is 1300 g/mol. The van der Waals surface area contributed by atoms with Gasteiger partial charge in [0.2, 0.25) is 82.7 Å². The second-order valence-electron chi connectivity index (χ2n) is 20.0. The SMILES string of the molecule is CC(C)C[C@H](NC(=O)[C@H](CS)NC(=O)[C@H](CO)NC(=O)[C@H](CC(=O)O)NC(=O)[C@@H](NC(=O)[C@@H](NC(=O)[C@H](CS)NC(=O)[C@H](C)N)[C@@H](C)O)C(C)C)C(=O)N[C@H](C(=O)N[C@@H](CS)C(=O)NCC(=O)NCC(=O)NCC(=O)NCC(=O)NCC(=O)O)[C@@H](C)O. The highest BCUT2D eigenvalue weighted by Gasteiger charge is 2.38. The maximum Gasteiger partial charge on any atom is 0.322 e. The summed E-state index contributed by atoms with van der Waals surface area (Å²) in [7, 11) is 0.